The number of hydrogen-bond acceptors (Lipinski definition) is 1. The summed E-state index contributed by atoms with van der Waals surface area (Å²) >= 11 is 0. The first kappa shape index (κ1) is 12.4. The van der Waals surface area contributed by atoms with Crippen LogP contribution in [-0.2, 0) is 4.79 Å². The van der Waals surface area contributed by atoms with E-state index in [0.29, 0.717) is 6.42 Å². The first-order chi connectivity index (χ1) is 5.88. The monoisotopic (exact) mass is 182 g/mol. The Hall–Kier alpha value is -0.590. The van der Waals surface area contributed by atoms with Gasteiger partial charge in [-0.15, -0.1) is 0 Å². The van der Waals surface area contributed by atoms with Gasteiger partial charge in [-0.3, -0.25) is 0 Å². The van der Waals surface area contributed by atoms with Gasteiger partial charge >= 0.3 is 0 Å². The average Bonchev–Trinajstić information content (AvgIpc) is 1.95. The molecule has 1 heteroatoms. The molecule has 0 aromatic heterocycles. The van der Waals surface area contributed by atoms with Crippen molar-refractivity contribution in [1.82, 2.24) is 0 Å². The van der Waals surface area contributed by atoms with Crippen molar-refractivity contribution in [2.24, 2.45) is 5.41 Å². The van der Waals surface area contributed by atoms with Crippen molar-refractivity contribution >= 4 is 5.78 Å². The molecule has 0 aromatic rings. The summed E-state index contributed by atoms with van der Waals surface area (Å²) in [4.78, 5) is 10.9. The van der Waals surface area contributed by atoms with E-state index in [-0.39, 0.29) is 11.2 Å². The van der Waals surface area contributed by atoms with E-state index >= 15 is 0 Å². The smallest absolute Gasteiger partial charge is 0.130 e. The molecule has 1 nitrogen and oxygen atoms in total. The van der Waals surface area contributed by atoms with Crippen LogP contribution in [0.1, 0.15) is 53.9 Å². The number of ketones is 1. The fourth-order valence-electron chi connectivity index (χ4n) is 1.34. The second-order valence-electron chi connectivity index (χ2n) is 4.59. The van der Waals surface area contributed by atoms with Crippen LogP contribution >= 0.6 is 0 Å². The molecular weight excluding hydrogens is 160 g/mol. The topological polar surface area (TPSA) is 17.1 Å². The summed E-state index contributed by atoms with van der Waals surface area (Å²) in [6.07, 6.45) is 4.92. The summed E-state index contributed by atoms with van der Waals surface area (Å²) in [5, 5.41) is 0. The highest BCUT2D eigenvalue weighted by atomic mass is 16.1. The standard InChI is InChI=1S/C12H22O/c1-6-7-11(12(3,4)5)9-8-10(2)13/h7H,6,8-9H2,1-5H3/b11-7+. The van der Waals surface area contributed by atoms with Crippen molar-refractivity contribution in [3.63, 3.8) is 0 Å². The van der Waals surface area contributed by atoms with Gasteiger partial charge in [-0.25, -0.2) is 0 Å². The third kappa shape index (κ3) is 5.62. The summed E-state index contributed by atoms with van der Waals surface area (Å²) in [5.41, 5.74) is 1.62. The van der Waals surface area contributed by atoms with Gasteiger partial charge in [0, 0.05) is 6.42 Å². The molecule has 0 spiro atoms. The number of rotatable bonds is 4. The fourth-order valence-corrected chi connectivity index (χ4v) is 1.34. The van der Waals surface area contributed by atoms with Crippen LogP contribution in [0, 0.1) is 5.41 Å². The van der Waals surface area contributed by atoms with Gasteiger partial charge in [0.25, 0.3) is 0 Å². The molecule has 0 atom stereocenters. The second-order valence-corrected chi connectivity index (χ2v) is 4.59. The average molecular weight is 182 g/mol. The third-order valence-electron chi connectivity index (χ3n) is 2.16. The van der Waals surface area contributed by atoms with E-state index in [9.17, 15) is 4.79 Å². The zero-order valence-corrected chi connectivity index (χ0v) is 9.61. The summed E-state index contributed by atoms with van der Waals surface area (Å²) < 4.78 is 0. The summed E-state index contributed by atoms with van der Waals surface area (Å²) in [7, 11) is 0. The zero-order chi connectivity index (χ0) is 10.5. The molecule has 0 aliphatic rings. The van der Waals surface area contributed by atoms with Crippen molar-refractivity contribution < 1.29 is 4.79 Å². The van der Waals surface area contributed by atoms with E-state index in [1.54, 1.807) is 6.92 Å². The summed E-state index contributed by atoms with van der Waals surface area (Å²) in [6.45, 7) is 10.4. The molecule has 0 rings (SSSR count). The Morgan fingerprint density at radius 3 is 2.08 bits per heavy atom. The molecule has 0 fully saturated rings. The SMILES string of the molecule is CC/C=C(\CCC(C)=O)C(C)(C)C. The lowest BCUT2D eigenvalue weighted by molar-refractivity contribution is -0.117. The minimum Gasteiger partial charge on any atom is -0.300 e. The zero-order valence-electron chi connectivity index (χ0n) is 9.61. The molecule has 0 bridgehead atoms. The second kappa shape index (κ2) is 5.21. The maximum absolute atomic E-state index is 10.9. The summed E-state index contributed by atoms with van der Waals surface area (Å²) in [6, 6.07) is 0. The maximum Gasteiger partial charge on any atom is 0.130 e. The molecule has 0 aliphatic carbocycles. The van der Waals surface area contributed by atoms with Crippen LogP contribution in [0.2, 0.25) is 0 Å². The van der Waals surface area contributed by atoms with Crippen molar-refractivity contribution in [2.45, 2.75) is 53.9 Å². The number of carbonyl (C=O) groups is 1. The highest BCUT2D eigenvalue weighted by Gasteiger charge is 2.16. The normalized spacial score (nSPS) is 13.2. The molecule has 0 radical (unpaired) electrons. The van der Waals surface area contributed by atoms with Gasteiger partial charge in [0.05, 0.1) is 0 Å². The van der Waals surface area contributed by atoms with Crippen LogP contribution in [0.3, 0.4) is 0 Å². The Bertz CT molecular complexity index is 194. The van der Waals surface area contributed by atoms with Gasteiger partial charge in [-0.2, -0.15) is 0 Å². The van der Waals surface area contributed by atoms with Crippen LogP contribution in [0.4, 0.5) is 0 Å². The van der Waals surface area contributed by atoms with Crippen molar-refractivity contribution in [3.8, 4) is 0 Å². The molecular formula is C12H22O. The van der Waals surface area contributed by atoms with E-state index in [1.165, 1.54) is 5.57 Å². The Labute approximate surface area is 82.2 Å². The molecule has 0 aliphatic heterocycles. The van der Waals surface area contributed by atoms with Crippen molar-refractivity contribution in [3.05, 3.63) is 11.6 Å². The number of carbonyl (C=O) groups excluding carboxylic acids is 1. The minimum atomic E-state index is 0.214. The molecule has 0 heterocycles. The van der Waals surface area contributed by atoms with Gasteiger partial charge in [0.15, 0.2) is 0 Å². The van der Waals surface area contributed by atoms with Gasteiger partial charge in [0.1, 0.15) is 5.78 Å². The maximum atomic E-state index is 10.9. The molecule has 0 N–H and O–H groups in total. The van der Waals surface area contributed by atoms with Gasteiger partial charge in [0.2, 0.25) is 0 Å². The molecule has 76 valence electrons. The Balaban J connectivity index is 4.29. The third-order valence-corrected chi connectivity index (χ3v) is 2.16. The van der Waals surface area contributed by atoms with Crippen molar-refractivity contribution in [2.75, 3.05) is 0 Å². The number of allylic oxidation sites excluding steroid dienone is 2. The van der Waals surface area contributed by atoms with Gasteiger partial charge in [-0.1, -0.05) is 39.3 Å². The molecule has 0 aromatic carbocycles. The van der Waals surface area contributed by atoms with Crippen molar-refractivity contribution in [1.29, 1.82) is 0 Å². The Morgan fingerprint density at radius 1 is 1.23 bits per heavy atom. The largest absolute Gasteiger partial charge is 0.300 e. The predicted molar refractivity (Wildman–Crippen MR) is 57.7 cm³/mol. The van der Waals surface area contributed by atoms with Crippen LogP contribution in [0.5, 0.6) is 0 Å². The van der Waals surface area contributed by atoms with Gasteiger partial charge < -0.3 is 4.79 Å². The van der Waals surface area contributed by atoms with E-state index in [1.807, 2.05) is 0 Å². The highest BCUT2D eigenvalue weighted by Crippen LogP contribution is 2.29. The minimum absolute atomic E-state index is 0.214. The first-order valence-electron chi connectivity index (χ1n) is 5.07. The molecule has 13 heavy (non-hydrogen) atoms. The predicted octanol–water partition coefficient (Wildman–Crippen LogP) is 3.74. The van der Waals surface area contributed by atoms with E-state index < -0.39 is 0 Å². The number of hydrogen-bond donors (Lipinski definition) is 0. The molecule has 0 amide bonds. The Morgan fingerprint density at radius 2 is 1.77 bits per heavy atom. The Kier molecular flexibility index (Phi) is 4.97. The van der Waals surface area contributed by atoms with E-state index in [0.717, 1.165) is 12.8 Å². The van der Waals surface area contributed by atoms with Crippen LogP contribution in [0.15, 0.2) is 11.6 Å². The molecule has 0 unspecified atom stereocenters. The lowest BCUT2D eigenvalue weighted by atomic mass is 9.83. The molecule has 0 saturated carbocycles. The van der Waals surface area contributed by atoms with Crippen LogP contribution in [-0.4, -0.2) is 5.78 Å². The quantitative estimate of drug-likeness (QED) is 0.605. The molecule has 0 saturated heterocycles. The fraction of sp³-hybridized carbons (Fsp3) is 0.750. The van der Waals surface area contributed by atoms with E-state index in [4.69, 9.17) is 0 Å². The van der Waals surface area contributed by atoms with Crippen LogP contribution in [0.25, 0.3) is 0 Å². The first-order valence-corrected chi connectivity index (χ1v) is 5.07. The van der Waals surface area contributed by atoms with E-state index in [2.05, 4.69) is 33.8 Å². The lowest BCUT2D eigenvalue weighted by Crippen LogP contribution is -2.10. The lowest BCUT2D eigenvalue weighted by Gasteiger charge is -2.23. The van der Waals surface area contributed by atoms with Crippen LogP contribution < -0.4 is 0 Å². The number of Topliss-reactive ketones (excluding diaryl/α,β-unsaturated/α-hetero) is 1. The summed E-state index contributed by atoms with van der Waals surface area (Å²) in [5.74, 6) is 0.284. The van der Waals surface area contributed by atoms with Gasteiger partial charge in [-0.05, 0) is 25.2 Å². The highest BCUT2D eigenvalue weighted by molar-refractivity contribution is 5.75.